The van der Waals surface area contributed by atoms with Crippen LogP contribution < -0.4 is 10.6 Å². The fourth-order valence-corrected chi connectivity index (χ4v) is 1.95. The number of aromatic nitrogens is 1. The summed E-state index contributed by atoms with van der Waals surface area (Å²) in [7, 11) is 0. The normalized spacial score (nSPS) is 15.6. The van der Waals surface area contributed by atoms with E-state index in [4.69, 9.17) is 10.5 Å². The van der Waals surface area contributed by atoms with Crippen LogP contribution in [0.3, 0.4) is 0 Å². The molecule has 0 unspecified atom stereocenters. The summed E-state index contributed by atoms with van der Waals surface area (Å²) in [6, 6.07) is 5.57. The molecule has 0 radical (unpaired) electrons. The summed E-state index contributed by atoms with van der Waals surface area (Å²) in [5.41, 5.74) is 5.66. The van der Waals surface area contributed by atoms with Crippen LogP contribution in [0.4, 0.5) is 16.4 Å². The van der Waals surface area contributed by atoms with Crippen molar-refractivity contribution in [3.63, 3.8) is 0 Å². The smallest absolute Gasteiger partial charge is 0.409 e. The van der Waals surface area contributed by atoms with Crippen molar-refractivity contribution >= 4 is 17.7 Å². The lowest BCUT2D eigenvalue weighted by Crippen LogP contribution is -2.49. The number of hydrogen-bond donors (Lipinski definition) is 1. The first-order valence-electron chi connectivity index (χ1n) is 6.10. The number of rotatable bonds is 2. The molecule has 6 nitrogen and oxygen atoms in total. The molecular weight excluding hydrogens is 232 g/mol. The Morgan fingerprint density at radius 2 is 2.11 bits per heavy atom. The second-order valence-corrected chi connectivity index (χ2v) is 4.09. The molecule has 1 aromatic heterocycles. The highest BCUT2D eigenvalue weighted by atomic mass is 16.6. The number of carbonyl (C=O) groups is 1. The predicted octanol–water partition coefficient (Wildman–Crippen LogP) is 0.942. The first-order chi connectivity index (χ1) is 8.70. The van der Waals surface area contributed by atoms with E-state index in [0.29, 0.717) is 25.5 Å². The molecule has 2 heterocycles. The van der Waals surface area contributed by atoms with Crippen molar-refractivity contribution in [3.05, 3.63) is 18.2 Å². The van der Waals surface area contributed by atoms with Crippen LogP contribution in [0.15, 0.2) is 18.2 Å². The largest absolute Gasteiger partial charge is 0.450 e. The van der Waals surface area contributed by atoms with Crippen LogP contribution in [-0.4, -0.2) is 48.8 Å². The van der Waals surface area contributed by atoms with Gasteiger partial charge in [-0.25, -0.2) is 9.78 Å². The molecule has 2 N–H and O–H groups in total. The quantitative estimate of drug-likeness (QED) is 0.845. The van der Waals surface area contributed by atoms with E-state index >= 15 is 0 Å². The minimum atomic E-state index is -0.238. The Morgan fingerprint density at radius 3 is 2.72 bits per heavy atom. The van der Waals surface area contributed by atoms with Crippen LogP contribution in [0.5, 0.6) is 0 Å². The SMILES string of the molecule is CCOC(=O)N1CCN(c2cccc(N)n2)CC1. The van der Waals surface area contributed by atoms with E-state index in [-0.39, 0.29) is 6.09 Å². The third-order valence-electron chi connectivity index (χ3n) is 2.89. The van der Waals surface area contributed by atoms with E-state index < -0.39 is 0 Å². The lowest BCUT2D eigenvalue weighted by Gasteiger charge is -2.34. The molecule has 0 aliphatic carbocycles. The maximum Gasteiger partial charge on any atom is 0.409 e. The van der Waals surface area contributed by atoms with Crippen molar-refractivity contribution in [2.45, 2.75) is 6.92 Å². The number of nitrogens with zero attached hydrogens (tertiary/aromatic N) is 3. The Kier molecular flexibility index (Phi) is 3.86. The van der Waals surface area contributed by atoms with Crippen LogP contribution in [-0.2, 0) is 4.74 Å². The molecule has 1 aromatic rings. The summed E-state index contributed by atoms with van der Waals surface area (Å²) in [6.07, 6.45) is -0.238. The Morgan fingerprint density at radius 1 is 1.39 bits per heavy atom. The number of anilines is 2. The second kappa shape index (κ2) is 5.57. The van der Waals surface area contributed by atoms with Gasteiger partial charge < -0.3 is 20.3 Å². The number of hydrogen-bond acceptors (Lipinski definition) is 5. The van der Waals surface area contributed by atoms with E-state index in [1.54, 1.807) is 11.0 Å². The fourth-order valence-electron chi connectivity index (χ4n) is 1.95. The van der Waals surface area contributed by atoms with Crippen molar-refractivity contribution in [3.8, 4) is 0 Å². The first kappa shape index (κ1) is 12.5. The molecular formula is C12H18N4O2. The van der Waals surface area contributed by atoms with Crippen LogP contribution >= 0.6 is 0 Å². The van der Waals surface area contributed by atoms with Gasteiger partial charge in [-0.3, -0.25) is 0 Å². The number of carbonyl (C=O) groups excluding carboxylic acids is 1. The van der Waals surface area contributed by atoms with Crippen LogP contribution in [0, 0.1) is 0 Å². The van der Waals surface area contributed by atoms with Crippen molar-refractivity contribution in [2.24, 2.45) is 0 Å². The van der Waals surface area contributed by atoms with Gasteiger partial charge in [0.05, 0.1) is 6.61 Å². The highest BCUT2D eigenvalue weighted by Crippen LogP contribution is 2.15. The van der Waals surface area contributed by atoms with Gasteiger partial charge in [0.25, 0.3) is 0 Å². The van der Waals surface area contributed by atoms with Gasteiger partial charge in [-0.15, -0.1) is 0 Å². The summed E-state index contributed by atoms with van der Waals surface area (Å²) in [5, 5.41) is 0. The molecule has 1 aliphatic heterocycles. The average Bonchev–Trinajstić information content (AvgIpc) is 2.39. The lowest BCUT2D eigenvalue weighted by atomic mass is 10.3. The summed E-state index contributed by atoms with van der Waals surface area (Å²) in [5.74, 6) is 1.37. The van der Waals surface area contributed by atoms with E-state index in [0.717, 1.165) is 18.9 Å². The molecule has 0 saturated carbocycles. The van der Waals surface area contributed by atoms with Crippen molar-refractivity contribution in [1.82, 2.24) is 9.88 Å². The molecule has 1 fully saturated rings. The Hall–Kier alpha value is -1.98. The predicted molar refractivity (Wildman–Crippen MR) is 69.5 cm³/mol. The van der Waals surface area contributed by atoms with E-state index in [1.165, 1.54) is 0 Å². The number of ether oxygens (including phenoxy) is 1. The molecule has 6 heteroatoms. The Labute approximate surface area is 106 Å². The molecule has 0 spiro atoms. The van der Waals surface area contributed by atoms with Gasteiger partial charge in [-0.2, -0.15) is 0 Å². The van der Waals surface area contributed by atoms with Gasteiger partial charge in [0.15, 0.2) is 0 Å². The molecule has 0 aromatic carbocycles. The molecule has 18 heavy (non-hydrogen) atoms. The van der Waals surface area contributed by atoms with Gasteiger partial charge in [0.2, 0.25) is 0 Å². The number of pyridine rings is 1. The zero-order valence-electron chi connectivity index (χ0n) is 10.5. The van der Waals surface area contributed by atoms with Gasteiger partial charge in [0.1, 0.15) is 11.6 Å². The standard InChI is InChI=1S/C12H18N4O2/c1-2-18-12(17)16-8-6-15(7-9-16)11-5-3-4-10(13)14-11/h3-5H,2,6-9H2,1H3,(H2,13,14). The Balaban J connectivity index is 1.92. The van der Waals surface area contributed by atoms with Gasteiger partial charge >= 0.3 is 6.09 Å². The van der Waals surface area contributed by atoms with E-state index in [9.17, 15) is 4.79 Å². The van der Waals surface area contributed by atoms with Gasteiger partial charge in [-0.1, -0.05) is 6.07 Å². The minimum Gasteiger partial charge on any atom is -0.450 e. The highest BCUT2D eigenvalue weighted by molar-refractivity contribution is 5.68. The first-order valence-corrected chi connectivity index (χ1v) is 6.10. The minimum absolute atomic E-state index is 0.238. The zero-order valence-corrected chi connectivity index (χ0v) is 10.5. The second-order valence-electron chi connectivity index (χ2n) is 4.09. The zero-order chi connectivity index (χ0) is 13.0. The van der Waals surface area contributed by atoms with Crippen LogP contribution in [0.25, 0.3) is 0 Å². The average molecular weight is 250 g/mol. The molecule has 2 rings (SSSR count). The number of piperazine rings is 1. The maximum atomic E-state index is 11.5. The third kappa shape index (κ3) is 2.82. The fraction of sp³-hybridized carbons (Fsp3) is 0.500. The van der Waals surface area contributed by atoms with Crippen LogP contribution in [0.1, 0.15) is 6.92 Å². The van der Waals surface area contributed by atoms with Gasteiger partial charge in [0, 0.05) is 26.2 Å². The van der Waals surface area contributed by atoms with Crippen molar-refractivity contribution < 1.29 is 9.53 Å². The van der Waals surface area contributed by atoms with Gasteiger partial charge in [-0.05, 0) is 19.1 Å². The molecule has 1 saturated heterocycles. The maximum absolute atomic E-state index is 11.5. The topological polar surface area (TPSA) is 71.7 Å². The number of nitrogen functional groups attached to an aromatic ring is 1. The monoisotopic (exact) mass is 250 g/mol. The summed E-state index contributed by atoms with van der Waals surface area (Å²) in [4.78, 5) is 19.6. The van der Waals surface area contributed by atoms with E-state index in [2.05, 4.69) is 9.88 Å². The number of nitrogens with two attached hydrogens (primary N) is 1. The molecule has 0 bridgehead atoms. The molecule has 1 aliphatic rings. The Bertz CT molecular complexity index is 416. The summed E-state index contributed by atoms with van der Waals surface area (Å²) >= 11 is 0. The summed E-state index contributed by atoms with van der Waals surface area (Å²) in [6.45, 7) is 5.01. The van der Waals surface area contributed by atoms with E-state index in [1.807, 2.05) is 19.1 Å². The van der Waals surface area contributed by atoms with Crippen molar-refractivity contribution in [2.75, 3.05) is 43.4 Å². The van der Waals surface area contributed by atoms with Crippen molar-refractivity contribution in [1.29, 1.82) is 0 Å². The third-order valence-corrected chi connectivity index (χ3v) is 2.89. The summed E-state index contributed by atoms with van der Waals surface area (Å²) < 4.78 is 4.97. The molecule has 98 valence electrons. The lowest BCUT2D eigenvalue weighted by molar-refractivity contribution is 0.105. The number of amides is 1. The molecule has 1 amide bonds. The van der Waals surface area contributed by atoms with Crippen LogP contribution in [0.2, 0.25) is 0 Å². The highest BCUT2D eigenvalue weighted by Gasteiger charge is 2.22. The molecule has 0 atom stereocenters.